The van der Waals surface area contributed by atoms with Gasteiger partial charge in [-0.3, -0.25) is 0 Å². The van der Waals surface area contributed by atoms with Gasteiger partial charge in [0, 0.05) is 6.54 Å². The standard InChI is InChI=1S/C12H25NO/c1-2-12(14)11-13-9-7-5-3-4-6-8-10-13/h12,14H,2-11H2,1H3. The number of aliphatic hydroxyl groups is 1. The lowest BCUT2D eigenvalue weighted by molar-refractivity contribution is 0.108. The summed E-state index contributed by atoms with van der Waals surface area (Å²) in [5, 5.41) is 9.60. The zero-order chi connectivity index (χ0) is 10.2. The molecule has 0 radical (unpaired) electrons. The third kappa shape index (κ3) is 4.97. The molecule has 0 saturated carbocycles. The van der Waals surface area contributed by atoms with Gasteiger partial charge in [0.15, 0.2) is 0 Å². The molecule has 1 saturated heterocycles. The monoisotopic (exact) mass is 199 g/mol. The molecule has 1 aliphatic rings. The van der Waals surface area contributed by atoms with Gasteiger partial charge in [-0.15, -0.1) is 0 Å². The Morgan fingerprint density at radius 2 is 1.50 bits per heavy atom. The van der Waals surface area contributed by atoms with Crippen molar-refractivity contribution in [2.75, 3.05) is 19.6 Å². The maximum absolute atomic E-state index is 9.60. The highest BCUT2D eigenvalue weighted by Gasteiger charge is 2.10. The molecule has 0 aliphatic carbocycles. The lowest BCUT2D eigenvalue weighted by atomic mass is 10.1. The summed E-state index contributed by atoms with van der Waals surface area (Å²) in [6, 6.07) is 0. The largest absolute Gasteiger partial charge is 0.392 e. The third-order valence-corrected chi connectivity index (χ3v) is 3.14. The average Bonchev–Trinajstić information content (AvgIpc) is 2.31. The van der Waals surface area contributed by atoms with Gasteiger partial charge in [-0.05, 0) is 32.4 Å². The van der Waals surface area contributed by atoms with Crippen molar-refractivity contribution in [3.8, 4) is 0 Å². The first kappa shape index (κ1) is 12.0. The number of β-amino-alcohol motifs (C(OH)–C–C–N with tert-alkyl or cyclic N) is 1. The second-order valence-electron chi connectivity index (χ2n) is 4.48. The van der Waals surface area contributed by atoms with Crippen molar-refractivity contribution in [1.82, 2.24) is 4.90 Å². The van der Waals surface area contributed by atoms with Crippen LogP contribution in [0.1, 0.15) is 51.9 Å². The fourth-order valence-electron chi connectivity index (χ4n) is 2.10. The van der Waals surface area contributed by atoms with Crippen molar-refractivity contribution in [2.45, 2.75) is 58.0 Å². The van der Waals surface area contributed by atoms with Gasteiger partial charge in [-0.1, -0.05) is 32.6 Å². The van der Waals surface area contributed by atoms with Gasteiger partial charge in [-0.25, -0.2) is 0 Å². The quantitative estimate of drug-likeness (QED) is 0.754. The Bertz CT molecular complexity index is 128. The molecule has 2 nitrogen and oxygen atoms in total. The second-order valence-corrected chi connectivity index (χ2v) is 4.48. The van der Waals surface area contributed by atoms with Crippen molar-refractivity contribution >= 4 is 0 Å². The van der Waals surface area contributed by atoms with E-state index in [0.717, 1.165) is 13.0 Å². The maximum atomic E-state index is 9.60. The highest BCUT2D eigenvalue weighted by Crippen LogP contribution is 2.11. The number of rotatable bonds is 3. The Balaban J connectivity index is 2.25. The Labute approximate surface area is 88.3 Å². The minimum Gasteiger partial charge on any atom is -0.392 e. The van der Waals surface area contributed by atoms with Gasteiger partial charge in [0.1, 0.15) is 0 Å². The van der Waals surface area contributed by atoms with E-state index in [1.54, 1.807) is 0 Å². The van der Waals surface area contributed by atoms with E-state index in [1.807, 2.05) is 0 Å². The fraction of sp³-hybridized carbons (Fsp3) is 1.00. The van der Waals surface area contributed by atoms with Crippen LogP contribution in [-0.4, -0.2) is 35.7 Å². The number of hydrogen-bond acceptors (Lipinski definition) is 2. The van der Waals surface area contributed by atoms with Gasteiger partial charge < -0.3 is 10.0 Å². The smallest absolute Gasteiger partial charge is 0.0664 e. The first-order valence-corrected chi connectivity index (χ1v) is 6.23. The molecule has 0 amide bonds. The molecule has 1 N–H and O–H groups in total. The Kier molecular flexibility index (Phi) is 6.20. The van der Waals surface area contributed by atoms with Crippen LogP contribution in [0.3, 0.4) is 0 Å². The van der Waals surface area contributed by atoms with Crippen molar-refractivity contribution in [1.29, 1.82) is 0 Å². The third-order valence-electron chi connectivity index (χ3n) is 3.14. The number of hydrogen-bond donors (Lipinski definition) is 1. The van der Waals surface area contributed by atoms with Crippen LogP contribution < -0.4 is 0 Å². The molecule has 0 aromatic carbocycles. The predicted molar refractivity (Wildman–Crippen MR) is 60.4 cm³/mol. The molecule has 1 rings (SSSR count). The maximum Gasteiger partial charge on any atom is 0.0664 e. The van der Waals surface area contributed by atoms with Crippen LogP contribution in [0, 0.1) is 0 Å². The van der Waals surface area contributed by atoms with Gasteiger partial charge in [0.2, 0.25) is 0 Å². The van der Waals surface area contributed by atoms with E-state index in [-0.39, 0.29) is 6.10 Å². The van der Waals surface area contributed by atoms with Crippen molar-refractivity contribution in [3.63, 3.8) is 0 Å². The highest BCUT2D eigenvalue weighted by atomic mass is 16.3. The van der Waals surface area contributed by atoms with Gasteiger partial charge in [0.25, 0.3) is 0 Å². The molecule has 14 heavy (non-hydrogen) atoms. The molecule has 0 bridgehead atoms. The summed E-state index contributed by atoms with van der Waals surface area (Å²) in [7, 11) is 0. The molecule has 1 aliphatic heterocycles. The fourth-order valence-corrected chi connectivity index (χ4v) is 2.10. The van der Waals surface area contributed by atoms with Crippen LogP contribution in [-0.2, 0) is 0 Å². The molecule has 1 heterocycles. The first-order valence-electron chi connectivity index (χ1n) is 6.23. The van der Waals surface area contributed by atoms with Crippen LogP contribution in [0.5, 0.6) is 0 Å². The minimum atomic E-state index is -0.115. The van der Waals surface area contributed by atoms with Crippen molar-refractivity contribution < 1.29 is 5.11 Å². The molecular formula is C12H25NO. The molecule has 84 valence electrons. The Morgan fingerprint density at radius 3 is 2.00 bits per heavy atom. The van der Waals surface area contributed by atoms with Gasteiger partial charge >= 0.3 is 0 Å². The van der Waals surface area contributed by atoms with Crippen LogP contribution in [0.25, 0.3) is 0 Å². The summed E-state index contributed by atoms with van der Waals surface area (Å²) in [4.78, 5) is 2.44. The van der Waals surface area contributed by atoms with Crippen LogP contribution in [0.15, 0.2) is 0 Å². The summed E-state index contributed by atoms with van der Waals surface area (Å²) < 4.78 is 0. The normalized spacial score (nSPS) is 23.6. The highest BCUT2D eigenvalue weighted by molar-refractivity contribution is 4.65. The molecule has 0 spiro atoms. The summed E-state index contributed by atoms with van der Waals surface area (Å²) in [6.07, 6.45) is 8.96. The van der Waals surface area contributed by atoms with Crippen LogP contribution >= 0.6 is 0 Å². The van der Waals surface area contributed by atoms with E-state index in [2.05, 4.69) is 11.8 Å². The predicted octanol–water partition coefficient (Wildman–Crippen LogP) is 2.41. The number of aliphatic hydroxyl groups excluding tert-OH is 1. The lowest BCUT2D eigenvalue weighted by Gasteiger charge is -2.23. The van der Waals surface area contributed by atoms with E-state index < -0.39 is 0 Å². The van der Waals surface area contributed by atoms with E-state index >= 15 is 0 Å². The summed E-state index contributed by atoms with van der Waals surface area (Å²) in [5.41, 5.74) is 0. The topological polar surface area (TPSA) is 23.5 Å². The zero-order valence-electron chi connectivity index (χ0n) is 9.54. The van der Waals surface area contributed by atoms with Gasteiger partial charge in [0.05, 0.1) is 6.10 Å². The zero-order valence-corrected chi connectivity index (χ0v) is 9.54. The summed E-state index contributed by atoms with van der Waals surface area (Å²) in [6.45, 7) is 5.32. The average molecular weight is 199 g/mol. The summed E-state index contributed by atoms with van der Waals surface area (Å²) in [5.74, 6) is 0. The van der Waals surface area contributed by atoms with Crippen LogP contribution in [0.2, 0.25) is 0 Å². The van der Waals surface area contributed by atoms with E-state index in [9.17, 15) is 5.11 Å². The minimum absolute atomic E-state index is 0.115. The first-order chi connectivity index (χ1) is 6.83. The van der Waals surface area contributed by atoms with Gasteiger partial charge in [-0.2, -0.15) is 0 Å². The van der Waals surface area contributed by atoms with E-state index in [1.165, 1.54) is 51.6 Å². The Morgan fingerprint density at radius 1 is 1.00 bits per heavy atom. The molecule has 1 atom stereocenters. The lowest BCUT2D eigenvalue weighted by Crippen LogP contribution is -2.33. The van der Waals surface area contributed by atoms with Crippen molar-refractivity contribution in [3.05, 3.63) is 0 Å². The molecule has 2 heteroatoms. The molecule has 1 fully saturated rings. The Hall–Kier alpha value is -0.0800. The number of nitrogens with zero attached hydrogens (tertiary/aromatic N) is 1. The molecule has 1 unspecified atom stereocenters. The SMILES string of the molecule is CCC(O)CN1CCCCCCCC1. The molecular weight excluding hydrogens is 174 g/mol. The second kappa shape index (κ2) is 7.24. The summed E-state index contributed by atoms with van der Waals surface area (Å²) >= 11 is 0. The molecule has 0 aromatic rings. The molecule has 0 aromatic heterocycles. The van der Waals surface area contributed by atoms with E-state index in [0.29, 0.717) is 0 Å². The van der Waals surface area contributed by atoms with Crippen molar-refractivity contribution in [2.24, 2.45) is 0 Å². The van der Waals surface area contributed by atoms with Crippen LogP contribution in [0.4, 0.5) is 0 Å². The van der Waals surface area contributed by atoms with E-state index in [4.69, 9.17) is 0 Å².